The average Bonchev–Trinajstić information content (AvgIpc) is 2.89. The molecular weight excluding hydrogens is 337 g/mol. The molecule has 3 rings (SSSR count). The van der Waals surface area contributed by atoms with E-state index in [-0.39, 0.29) is 28.2 Å². The molecule has 0 fully saturated rings. The summed E-state index contributed by atoms with van der Waals surface area (Å²) >= 11 is 5.56. The number of nitrogens with zero attached hydrogens (tertiary/aromatic N) is 3. The van der Waals surface area contributed by atoms with Crippen LogP contribution < -0.4 is 0 Å². The summed E-state index contributed by atoms with van der Waals surface area (Å²) in [5.41, 5.74) is -0.701. The molecule has 0 spiro atoms. The number of benzene rings is 1. The van der Waals surface area contributed by atoms with Crippen LogP contribution in [-0.4, -0.2) is 19.9 Å². The summed E-state index contributed by atoms with van der Waals surface area (Å²) in [4.78, 5) is 20.7. The van der Waals surface area contributed by atoms with Crippen molar-refractivity contribution in [3.63, 3.8) is 0 Å². The Balaban J connectivity index is 2.12. The van der Waals surface area contributed by atoms with Crippen LogP contribution in [0.15, 0.2) is 30.5 Å². The summed E-state index contributed by atoms with van der Waals surface area (Å²) in [6.45, 7) is 0. The molecule has 0 saturated heterocycles. The highest BCUT2D eigenvalue weighted by atomic mass is 35.5. The highest BCUT2D eigenvalue weighted by Gasteiger charge is 2.33. The fraction of sp³-hybridized carbons (Fsp3) is 0.0769. The first-order valence-electron chi connectivity index (χ1n) is 6.13. The normalized spacial score (nSPS) is 11.8. The Bertz CT molecular complexity index is 923. The number of alkyl halides is 3. The Morgan fingerprint density at radius 1 is 1.26 bits per heavy atom. The Morgan fingerprint density at radius 2 is 2.00 bits per heavy atom. The summed E-state index contributed by atoms with van der Waals surface area (Å²) in [6.07, 6.45) is -3.57. The van der Waals surface area contributed by atoms with Crippen molar-refractivity contribution in [1.82, 2.24) is 15.0 Å². The number of pyridine rings is 1. The van der Waals surface area contributed by atoms with E-state index in [1.54, 1.807) is 0 Å². The van der Waals surface area contributed by atoms with Crippen molar-refractivity contribution in [2.24, 2.45) is 0 Å². The predicted octanol–water partition coefficient (Wildman–Crippen LogP) is 4.21. The number of H-pyrrole nitrogens is 1. The fourth-order valence-corrected chi connectivity index (χ4v) is 2.24. The zero-order chi connectivity index (χ0) is 16.8. The molecule has 0 saturated carbocycles. The van der Waals surface area contributed by atoms with E-state index in [1.807, 2.05) is 0 Å². The van der Waals surface area contributed by atoms with Crippen molar-refractivity contribution in [3.8, 4) is 11.4 Å². The first kappa shape index (κ1) is 15.2. The van der Waals surface area contributed by atoms with Crippen molar-refractivity contribution in [2.45, 2.75) is 6.18 Å². The average molecular weight is 343 g/mol. The quantitative estimate of drug-likeness (QED) is 0.558. The molecule has 0 amide bonds. The van der Waals surface area contributed by atoms with Gasteiger partial charge in [0, 0.05) is 11.6 Å². The number of nitrogens with one attached hydrogen (secondary N) is 1. The van der Waals surface area contributed by atoms with Gasteiger partial charge in [-0.3, -0.25) is 10.1 Å². The topological polar surface area (TPSA) is 84.7 Å². The van der Waals surface area contributed by atoms with Crippen LogP contribution in [0.1, 0.15) is 5.56 Å². The number of fused-ring (bicyclic) bond motifs is 1. The molecule has 0 aliphatic carbocycles. The lowest BCUT2D eigenvalue weighted by Gasteiger charge is -2.09. The molecular formula is C13H6ClF3N4O2. The van der Waals surface area contributed by atoms with E-state index in [4.69, 9.17) is 11.6 Å². The summed E-state index contributed by atoms with van der Waals surface area (Å²) in [5.74, 6) is 0.107. The van der Waals surface area contributed by atoms with Crippen LogP contribution in [0.5, 0.6) is 0 Å². The molecule has 3 aromatic rings. The molecule has 0 aliphatic rings. The fourth-order valence-electron chi connectivity index (χ4n) is 2.01. The van der Waals surface area contributed by atoms with Gasteiger partial charge in [-0.15, -0.1) is 0 Å². The zero-order valence-corrected chi connectivity index (χ0v) is 11.8. The first-order chi connectivity index (χ1) is 10.8. The molecule has 10 heteroatoms. The van der Waals surface area contributed by atoms with E-state index < -0.39 is 21.7 Å². The van der Waals surface area contributed by atoms with E-state index in [0.29, 0.717) is 0 Å². The van der Waals surface area contributed by atoms with Gasteiger partial charge in [0.1, 0.15) is 17.5 Å². The molecule has 2 aromatic heterocycles. The van der Waals surface area contributed by atoms with Gasteiger partial charge in [-0.1, -0.05) is 11.6 Å². The van der Waals surface area contributed by atoms with Gasteiger partial charge in [0.25, 0.3) is 5.69 Å². The van der Waals surface area contributed by atoms with Crippen LogP contribution in [-0.2, 0) is 6.18 Å². The van der Waals surface area contributed by atoms with Gasteiger partial charge in [-0.2, -0.15) is 13.2 Å². The second kappa shape index (κ2) is 5.20. The number of halogens is 4. The Labute approximate surface area is 131 Å². The van der Waals surface area contributed by atoms with Crippen LogP contribution in [0.4, 0.5) is 18.9 Å². The lowest BCUT2D eigenvalue weighted by molar-refractivity contribution is -0.385. The van der Waals surface area contributed by atoms with E-state index in [9.17, 15) is 23.3 Å². The smallest absolute Gasteiger partial charge is 0.323 e. The minimum atomic E-state index is -4.60. The third-order valence-electron chi connectivity index (χ3n) is 3.08. The van der Waals surface area contributed by atoms with Crippen molar-refractivity contribution < 1.29 is 18.1 Å². The minimum absolute atomic E-state index is 0.107. The zero-order valence-electron chi connectivity index (χ0n) is 11.1. The maximum atomic E-state index is 12.9. The SMILES string of the molecule is O=[N+]([O-])c1cnc2[nH]c(-c3ccc(Cl)c(C(F)(F)F)c3)nc2c1. The number of aromatic nitrogens is 3. The summed E-state index contributed by atoms with van der Waals surface area (Å²) < 4.78 is 38.7. The van der Waals surface area contributed by atoms with Crippen molar-refractivity contribution >= 4 is 28.5 Å². The Morgan fingerprint density at radius 3 is 2.65 bits per heavy atom. The second-order valence-electron chi connectivity index (χ2n) is 4.60. The molecule has 0 unspecified atom stereocenters. The van der Waals surface area contributed by atoms with E-state index >= 15 is 0 Å². The molecule has 6 nitrogen and oxygen atoms in total. The van der Waals surface area contributed by atoms with Gasteiger partial charge in [0.2, 0.25) is 0 Å². The van der Waals surface area contributed by atoms with E-state index in [2.05, 4.69) is 15.0 Å². The van der Waals surface area contributed by atoms with Gasteiger partial charge in [-0.25, -0.2) is 9.97 Å². The number of imidazole rings is 1. The third kappa shape index (κ3) is 2.82. The van der Waals surface area contributed by atoms with Crippen LogP contribution in [0, 0.1) is 10.1 Å². The maximum absolute atomic E-state index is 12.9. The maximum Gasteiger partial charge on any atom is 0.417 e. The summed E-state index contributed by atoms with van der Waals surface area (Å²) in [7, 11) is 0. The standard InChI is InChI=1S/C13H6ClF3N4O2/c14-9-2-1-6(3-8(9)13(15,16)17)11-19-10-4-7(21(22)23)5-18-12(10)20-11/h1-5H,(H,18,19,20). The number of nitro groups is 1. The number of aromatic amines is 1. The summed E-state index contributed by atoms with van der Waals surface area (Å²) in [5, 5.41) is 10.3. The van der Waals surface area contributed by atoms with Crippen molar-refractivity contribution in [1.29, 1.82) is 0 Å². The Hall–Kier alpha value is -2.68. The monoisotopic (exact) mass is 342 g/mol. The van der Waals surface area contributed by atoms with E-state index in [1.165, 1.54) is 12.1 Å². The number of hydrogen-bond donors (Lipinski definition) is 1. The molecule has 1 N–H and O–H groups in total. The highest BCUT2D eigenvalue weighted by molar-refractivity contribution is 6.31. The van der Waals surface area contributed by atoms with Gasteiger partial charge in [0.05, 0.1) is 15.5 Å². The third-order valence-corrected chi connectivity index (χ3v) is 3.41. The van der Waals surface area contributed by atoms with Gasteiger partial charge >= 0.3 is 6.18 Å². The minimum Gasteiger partial charge on any atom is -0.323 e. The largest absolute Gasteiger partial charge is 0.417 e. The van der Waals surface area contributed by atoms with Crippen molar-refractivity contribution in [2.75, 3.05) is 0 Å². The molecule has 2 heterocycles. The first-order valence-corrected chi connectivity index (χ1v) is 6.51. The van der Waals surface area contributed by atoms with E-state index in [0.717, 1.165) is 18.3 Å². The lowest BCUT2D eigenvalue weighted by atomic mass is 10.1. The van der Waals surface area contributed by atoms with Gasteiger partial charge < -0.3 is 4.98 Å². The van der Waals surface area contributed by atoms with Gasteiger partial charge in [-0.05, 0) is 18.2 Å². The van der Waals surface area contributed by atoms with Crippen LogP contribution >= 0.6 is 11.6 Å². The summed E-state index contributed by atoms with van der Waals surface area (Å²) in [6, 6.07) is 4.52. The molecule has 0 atom stereocenters. The molecule has 118 valence electrons. The molecule has 0 bridgehead atoms. The number of hydrogen-bond acceptors (Lipinski definition) is 4. The predicted molar refractivity (Wildman–Crippen MR) is 76.0 cm³/mol. The number of rotatable bonds is 2. The molecule has 0 aliphatic heterocycles. The van der Waals surface area contributed by atoms with Crippen LogP contribution in [0.25, 0.3) is 22.6 Å². The Kier molecular flexibility index (Phi) is 3.44. The second-order valence-corrected chi connectivity index (χ2v) is 5.00. The van der Waals surface area contributed by atoms with Crippen LogP contribution in [0.2, 0.25) is 5.02 Å². The lowest BCUT2D eigenvalue weighted by Crippen LogP contribution is -2.06. The molecule has 1 aromatic carbocycles. The molecule has 0 radical (unpaired) electrons. The highest BCUT2D eigenvalue weighted by Crippen LogP contribution is 2.37. The molecule has 23 heavy (non-hydrogen) atoms. The van der Waals surface area contributed by atoms with Gasteiger partial charge in [0.15, 0.2) is 5.65 Å². The van der Waals surface area contributed by atoms with Crippen LogP contribution in [0.3, 0.4) is 0 Å². The van der Waals surface area contributed by atoms with Crippen molar-refractivity contribution in [3.05, 3.63) is 51.2 Å².